The molecule has 1 N–H and O–H groups in total. The van der Waals surface area contributed by atoms with E-state index in [4.69, 9.17) is 9.26 Å². The van der Waals surface area contributed by atoms with Gasteiger partial charge in [-0.15, -0.1) is 0 Å². The smallest absolute Gasteiger partial charge is 0.244 e. The van der Waals surface area contributed by atoms with Crippen molar-refractivity contribution < 1.29 is 9.26 Å². The molecule has 1 aromatic rings. The molecule has 5 heteroatoms. The monoisotopic (exact) mass is 265 g/mol. The van der Waals surface area contributed by atoms with Crippen molar-refractivity contribution in [3.05, 3.63) is 11.7 Å². The van der Waals surface area contributed by atoms with Gasteiger partial charge in [0.05, 0.1) is 6.04 Å². The molecule has 1 aromatic heterocycles. The van der Waals surface area contributed by atoms with Gasteiger partial charge in [-0.05, 0) is 51.0 Å². The van der Waals surface area contributed by atoms with E-state index in [-0.39, 0.29) is 12.1 Å². The average Bonchev–Trinajstić information content (AvgIpc) is 3.14. The zero-order chi connectivity index (χ0) is 13.2. The Morgan fingerprint density at radius 3 is 2.95 bits per heavy atom. The van der Waals surface area contributed by atoms with Gasteiger partial charge in [0.1, 0.15) is 6.10 Å². The van der Waals surface area contributed by atoms with Gasteiger partial charge in [0.2, 0.25) is 11.7 Å². The van der Waals surface area contributed by atoms with Crippen LogP contribution in [-0.4, -0.2) is 23.3 Å². The van der Waals surface area contributed by atoms with Crippen LogP contribution in [0.1, 0.15) is 63.4 Å². The molecule has 3 rings (SSSR count). The third-order valence-electron chi connectivity index (χ3n) is 4.14. The van der Waals surface area contributed by atoms with Crippen molar-refractivity contribution in [1.29, 1.82) is 0 Å². The SMILES string of the molecule is CCOC(c1noc(C2NCCCC2C)n1)C1CC1. The summed E-state index contributed by atoms with van der Waals surface area (Å²) in [7, 11) is 0. The lowest BCUT2D eigenvalue weighted by molar-refractivity contribution is 0.0384. The van der Waals surface area contributed by atoms with Crippen LogP contribution in [0.2, 0.25) is 0 Å². The summed E-state index contributed by atoms with van der Waals surface area (Å²) in [5.41, 5.74) is 0. The fourth-order valence-electron chi connectivity index (χ4n) is 2.87. The molecule has 5 nitrogen and oxygen atoms in total. The predicted molar refractivity (Wildman–Crippen MR) is 70.5 cm³/mol. The van der Waals surface area contributed by atoms with Gasteiger partial charge in [0.15, 0.2) is 0 Å². The standard InChI is InChI=1S/C14H23N3O2/c1-3-18-12(10-6-7-10)13-16-14(19-17-13)11-9(2)5-4-8-15-11/h9-12,15H,3-8H2,1-2H3. The van der Waals surface area contributed by atoms with E-state index in [0.717, 1.165) is 18.3 Å². The highest BCUT2D eigenvalue weighted by atomic mass is 16.5. The fraction of sp³-hybridized carbons (Fsp3) is 0.857. The molecule has 0 aromatic carbocycles. The molecule has 1 saturated heterocycles. The molecular weight excluding hydrogens is 242 g/mol. The third-order valence-corrected chi connectivity index (χ3v) is 4.14. The highest BCUT2D eigenvalue weighted by molar-refractivity contribution is 5.02. The summed E-state index contributed by atoms with van der Waals surface area (Å²) >= 11 is 0. The Bertz CT molecular complexity index is 398. The molecule has 0 radical (unpaired) electrons. The molecule has 1 aliphatic heterocycles. The molecule has 2 heterocycles. The number of piperidine rings is 1. The van der Waals surface area contributed by atoms with Crippen LogP contribution in [-0.2, 0) is 4.74 Å². The molecule has 106 valence electrons. The molecular formula is C14H23N3O2. The van der Waals surface area contributed by atoms with Crippen LogP contribution >= 0.6 is 0 Å². The van der Waals surface area contributed by atoms with Crippen LogP contribution in [0.15, 0.2) is 4.52 Å². The fourth-order valence-corrected chi connectivity index (χ4v) is 2.87. The summed E-state index contributed by atoms with van der Waals surface area (Å²) in [4.78, 5) is 4.60. The number of nitrogens with zero attached hydrogens (tertiary/aromatic N) is 2. The topological polar surface area (TPSA) is 60.2 Å². The molecule has 3 unspecified atom stereocenters. The summed E-state index contributed by atoms with van der Waals surface area (Å²) in [6.07, 6.45) is 4.90. The molecule has 0 bridgehead atoms. The number of hydrogen-bond donors (Lipinski definition) is 1. The average molecular weight is 265 g/mol. The maximum atomic E-state index is 5.77. The van der Waals surface area contributed by atoms with Gasteiger partial charge in [-0.3, -0.25) is 0 Å². The second-order valence-electron chi connectivity index (χ2n) is 5.76. The normalized spacial score (nSPS) is 29.4. The van der Waals surface area contributed by atoms with Crippen molar-refractivity contribution in [2.24, 2.45) is 11.8 Å². The largest absolute Gasteiger partial charge is 0.370 e. The van der Waals surface area contributed by atoms with Gasteiger partial charge in [-0.1, -0.05) is 12.1 Å². The first-order valence-corrected chi connectivity index (χ1v) is 7.48. The van der Waals surface area contributed by atoms with Gasteiger partial charge in [-0.25, -0.2) is 0 Å². The number of aromatic nitrogens is 2. The summed E-state index contributed by atoms with van der Waals surface area (Å²) in [6.45, 7) is 5.98. The van der Waals surface area contributed by atoms with E-state index in [1.807, 2.05) is 6.92 Å². The first-order valence-electron chi connectivity index (χ1n) is 7.48. The number of nitrogens with one attached hydrogen (secondary N) is 1. The van der Waals surface area contributed by atoms with Gasteiger partial charge in [-0.2, -0.15) is 4.98 Å². The summed E-state index contributed by atoms with van der Waals surface area (Å²) in [5.74, 6) is 2.60. The van der Waals surface area contributed by atoms with Crippen molar-refractivity contribution in [3.63, 3.8) is 0 Å². The second kappa shape index (κ2) is 5.59. The minimum absolute atomic E-state index is 0.0291. The summed E-state index contributed by atoms with van der Waals surface area (Å²) in [6, 6.07) is 0.205. The Balaban J connectivity index is 1.74. The van der Waals surface area contributed by atoms with Crippen LogP contribution in [0.25, 0.3) is 0 Å². The van der Waals surface area contributed by atoms with E-state index in [9.17, 15) is 0 Å². The van der Waals surface area contributed by atoms with E-state index >= 15 is 0 Å². The van der Waals surface area contributed by atoms with Crippen LogP contribution in [0.3, 0.4) is 0 Å². The van der Waals surface area contributed by atoms with E-state index in [0.29, 0.717) is 18.4 Å². The Morgan fingerprint density at radius 1 is 1.42 bits per heavy atom. The van der Waals surface area contributed by atoms with Crippen molar-refractivity contribution in [1.82, 2.24) is 15.5 Å². The van der Waals surface area contributed by atoms with E-state index in [1.54, 1.807) is 0 Å². The maximum Gasteiger partial charge on any atom is 0.244 e. The zero-order valence-electron chi connectivity index (χ0n) is 11.8. The minimum Gasteiger partial charge on any atom is -0.370 e. The summed E-state index contributed by atoms with van der Waals surface area (Å²) in [5, 5.41) is 7.63. The molecule has 0 spiro atoms. The Labute approximate surface area is 114 Å². The molecule has 0 amide bonds. The van der Waals surface area contributed by atoms with Crippen LogP contribution < -0.4 is 5.32 Å². The zero-order valence-corrected chi connectivity index (χ0v) is 11.8. The molecule has 19 heavy (non-hydrogen) atoms. The van der Waals surface area contributed by atoms with Crippen LogP contribution in [0, 0.1) is 11.8 Å². The molecule has 1 aliphatic carbocycles. The molecule has 1 saturated carbocycles. The highest BCUT2D eigenvalue weighted by Gasteiger charge is 2.37. The highest BCUT2D eigenvalue weighted by Crippen LogP contribution is 2.42. The molecule has 2 aliphatic rings. The maximum absolute atomic E-state index is 5.77. The predicted octanol–water partition coefficient (Wildman–Crippen LogP) is 2.62. The van der Waals surface area contributed by atoms with Crippen LogP contribution in [0.4, 0.5) is 0 Å². The number of rotatable bonds is 5. The van der Waals surface area contributed by atoms with Crippen molar-refractivity contribution in [2.45, 2.75) is 51.7 Å². The lowest BCUT2D eigenvalue weighted by Crippen LogP contribution is -2.33. The van der Waals surface area contributed by atoms with Gasteiger partial charge in [0.25, 0.3) is 0 Å². The van der Waals surface area contributed by atoms with E-state index in [1.165, 1.54) is 25.7 Å². The summed E-state index contributed by atoms with van der Waals surface area (Å²) < 4.78 is 11.3. The second-order valence-corrected chi connectivity index (χ2v) is 5.76. The molecule has 3 atom stereocenters. The Morgan fingerprint density at radius 2 is 2.26 bits per heavy atom. The van der Waals surface area contributed by atoms with E-state index < -0.39 is 0 Å². The first kappa shape index (κ1) is 13.1. The first-order chi connectivity index (χ1) is 9.29. The number of hydrogen-bond acceptors (Lipinski definition) is 5. The quantitative estimate of drug-likeness (QED) is 0.886. The van der Waals surface area contributed by atoms with Gasteiger partial charge in [0, 0.05) is 6.61 Å². The van der Waals surface area contributed by atoms with Crippen molar-refractivity contribution >= 4 is 0 Å². The van der Waals surface area contributed by atoms with Crippen molar-refractivity contribution in [3.8, 4) is 0 Å². The van der Waals surface area contributed by atoms with E-state index in [2.05, 4.69) is 22.4 Å². The third kappa shape index (κ3) is 2.82. The lowest BCUT2D eigenvalue weighted by Gasteiger charge is -2.26. The van der Waals surface area contributed by atoms with Crippen molar-refractivity contribution in [2.75, 3.05) is 13.2 Å². The van der Waals surface area contributed by atoms with Gasteiger partial charge >= 0.3 is 0 Å². The minimum atomic E-state index is 0.0291. The molecule has 2 fully saturated rings. The Kier molecular flexibility index (Phi) is 3.84. The Hall–Kier alpha value is -0.940. The number of ether oxygens (including phenoxy) is 1. The van der Waals surface area contributed by atoms with Gasteiger partial charge < -0.3 is 14.6 Å². The lowest BCUT2D eigenvalue weighted by atomic mass is 9.93. The van der Waals surface area contributed by atoms with Crippen LogP contribution in [0.5, 0.6) is 0 Å².